The number of benzene rings is 1. The summed E-state index contributed by atoms with van der Waals surface area (Å²) in [5, 5.41) is 31.2. The molecule has 7 nitrogen and oxygen atoms in total. The van der Waals surface area contributed by atoms with Gasteiger partial charge in [0.15, 0.2) is 0 Å². The lowest BCUT2D eigenvalue weighted by molar-refractivity contribution is -0.536. The van der Waals surface area contributed by atoms with E-state index < -0.39 is 22.0 Å². The molecule has 0 spiro atoms. The van der Waals surface area contributed by atoms with Gasteiger partial charge >= 0.3 is 0 Å². The molecule has 2 atom stereocenters. The maximum Gasteiger partial charge on any atom is 0.269 e. The van der Waals surface area contributed by atoms with Gasteiger partial charge in [-0.3, -0.25) is 20.2 Å². The van der Waals surface area contributed by atoms with Crippen molar-refractivity contribution in [2.75, 3.05) is 0 Å². The van der Waals surface area contributed by atoms with E-state index in [4.69, 9.17) is 0 Å². The number of aliphatic hydroxyl groups excluding tert-OH is 1. The predicted molar refractivity (Wildman–Crippen MR) is 63.7 cm³/mol. The first-order valence-corrected chi connectivity index (χ1v) is 5.53. The number of rotatable bonds is 6. The van der Waals surface area contributed by atoms with Gasteiger partial charge in [-0.2, -0.15) is 0 Å². The summed E-state index contributed by atoms with van der Waals surface area (Å²) in [7, 11) is 0. The fraction of sp³-hybridized carbons (Fsp3) is 0.455. The van der Waals surface area contributed by atoms with Crippen LogP contribution in [0.5, 0.6) is 0 Å². The molecule has 0 fully saturated rings. The Bertz CT molecular complexity index is 432. The predicted octanol–water partition coefficient (Wildman–Crippen LogP) is 2.07. The van der Waals surface area contributed by atoms with E-state index in [-0.39, 0.29) is 12.1 Å². The minimum absolute atomic E-state index is 0.112. The van der Waals surface area contributed by atoms with Crippen LogP contribution in [0.4, 0.5) is 5.69 Å². The van der Waals surface area contributed by atoms with Gasteiger partial charge in [0.2, 0.25) is 6.04 Å². The van der Waals surface area contributed by atoms with Crippen LogP contribution >= 0.6 is 0 Å². The number of hydrogen-bond acceptors (Lipinski definition) is 5. The van der Waals surface area contributed by atoms with Gasteiger partial charge in [-0.1, -0.05) is 6.92 Å². The topological polar surface area (TPSA) is 107 Å². The second-order valence-electron chi connectivity index (χ2n) is 3.93. The van der Waals surface area contributed by atoms with Crippen molar-refractivity contribution in [1.82, 2.24) is 0 Å². The van der Waals surface area contributed by atoms with E-state index in [0.29, 0.717) is 12.0 Å². The van der Waals surface area contributed by atoms with Crippen molar-refractivity contribution in [3.05, 3.63) is 50.1 Å². The molecular weight excluding hydrogens is 240 g/mol. The van der Waals surface area contributed by atoms with Gasteiger partial charge in [0.05, 0.1) is 4.92 Å². The van der Waals surface area contributed by atoms with Gasteiger partial charge < -0.3 is 5.11 Å². The molecule has 18 heavy (non-hydrogen) atoms. The monoisotopic (exact) mass is 254 g/mol. The Morgan fingerprint density at radius 3 is 2.17 bits per heavy atom. The first kappa shape index (κ1) is 14.0. The van der Waals surface area contributed by atoms with Crippen molar-refractivity contribution in [3.63, 3.8) is 0 Å². The largest absolute Gasteiger partial charge is 0.381 e. The van der Waals surface area contributed by atoms with Crippen molar-refractivity contribution in [2.45, 2.75) is 31.9 Å². The lowest BCUT2D eigenvalue weighted by atomic mass is 9.99. The maximum atomic E-state index is 10.8. The standard InChI is InChI=1S/C11H14N2O5/c1-2-3-10(13(17)18)11(14)8-4-6-9(7-5-8)12(15)16/h4-7,10-11,14H,2-3H2,1H3. The molecule has 1 aromatic rings. The molecule has 0 bridgehead atoms. The normalized spacial score (nSPS) is 13.9. The fourth-order valence-electron chi connectivity index (χ4n) is 1.69. The molecule has 0 aliphatic carbocycles. The summed E-state index contributed by atoms with van der Waals surface area (Å²) in [6.07, 6.45) is -0.415. The fourth-order valence-corrected chi connectivity index (χ4v) is 1.69. The SMILES string of the molecule is CCCC(C(O)c1ccc([N+](=O)[O-])cc1)[N+](=O)[O-]. The van der Waals surface area contributed by atoms with Crippen LogP contribution in [-0.4, -0.2) is 21.0 Å². The molecule has 1 aromatic carbocycles. The highest BCUT2D eigenvalue weighted by molar-refractivity contribution is 5.34. The summed E-state index contributed by atoms with van der Waals surface area (Å²) in [5.41, 5.74) is 0.204. The third-order valence-corrected chi connectivity index (χ3v) is 2.67. The molecule has 1 N–H and O–H groups in total. The van der Waals surface area contributed by atoms with E-state index in [9.17, 15) is 25.3 Å². The number of nitro benzene ring substituents is 1. The zero-order valence-corrected chi connectivity index (χ0v) is 9.85. The van der Waals surface area contributed by atoms with E-state index in [2.05, 4.69) is 0 Å². The molecule has 0 radical (unpaired) electrons. The molecular formula is C11H14N2O5. The highest BCUT2D eigenvalue weighted by atomic mass is 16.6. The zero-order valence-electron chi connectivity index (χ0n) is 9.85. The lowest BCUT2D eigenvalue weighted by Crippen LogP contribution is -2.27. The molecule has 2 unspecified atom stereocenters. The van der Waals surface area contributed by atoms with Gasteiger partial charge in [-0.15, -0.1) is 0 Å². The summed E-state index contributed by atoms with van der Waals surface area (Å²) >= 11 is 0. The van der Waals surface area contributed by atoms with Crippen molar-refractivity contribution < 1.29 is 15.0 Å². The zero-order chi connectivity index (χ0) is 13.7. The molecule has 0 amide bonds. The Kier molecular flexibility index (Phi) is 4.73. The van der Waals surface area contributed by atoms with Crippen LogP contribution in [-0.2, 0) is 0 Å². The van der Waals surface area contributed by atoms with Crippen LogP contribution in [0.2, 0.25) is 0 Å². The lowest BCUT2D eigenvalue weighted by Gasteiger charge is -2.15. The van der Waals surface area contributed by atoms with Gasteiger partial charge in [-0.25, -0.2) is 0 Å². The Labute approximate surface area is 103 Å². The maximum absolute atomic E-state index is 10.8. The number of hydrogen-bond donors (Lipinski definition) is 1. The second-order valence-corrected chi connectivity index (χ2v) is 3.93. The van der Waals surface area contributed by atoms with E-state index in [1.54, 1.807) is 6.92 Å². The molecule has 0 aromatic heterocycles. The Morgan fingerprint density at radius 2 is 1.78 bits per heavy atom. The molecule has 0 saturated carbocycles. The average molecular weight is 254 g/mol. The summed E-state index contributed by atoms with van der Waals surface area (Å²) in [6, 6.07) is 4.05. The number of aliphatic hydroxyl groups is 1. The number of nitrogens with zero attached hydrogens (tertiary/aromatic N) is 2. The smallest absolute Gasteiger partial charge is 0.269 e. The average Bonchev–Trinajstić information content (AvgIpc) is 2.35. The summed E-state index contributed by atoms with van der Waals surface area (Å²) in [4.78, 5) is 20.2. The Morgan fingerprint density at radius 1 is 1.22 bits per heavy atom. The van der Waals surface area contributed by atoms with Crippen LogP contribution in [0.1, 0.15) is 31.4 Å². The molecule has 0 saturated heterocycles. The van der Waals surface area contributed by atoms with Crippen LogP contribution in [0.25, 0.3) is 0 Å². The Balaban J connectivity index is 2.91. The second kappa shape index (κ2) is 6.06. The molecule has 7 heteroatoms. The quantitative estimate of drug-likeness (QED) is 0.617. The number of nitro groups is 2. The highest BCUT2D eigenvalue weighted by Gasteiger charge is 2.30. The molecule has 0 aliphatic rings. The van der Waals surface area contributed by atoms with Crippen molar-refractivity contribution in [3.8, 4) is 0 Å². The number of non-ortho nitro benzene ring substituents is 1. The van der Waals surface area contributed by atoms with E-state index in [0.717, 1.165) is 0 Å². The molecule has 0 heterocycles. The van der Waals surface area contributed by atoms with Gasteiger partial charge in [0.25, 0.3) is 5.69 Å². The third-order valence-electron chi connectivity index (χ3n) is 2.67. The summed E-state index contributed by atoms with van der Waals surface area (Å²) < 4.78 is 0. The van der Waals surface area contributed by atoms with Gasteiger partial charge in [0, 0.05) is 23.5 Å². The highest BCUT2D eigenvalue weighted by Crippen LogP contribution is 2.24. The minimum Gasteiger partial charge on any atom is -0.381 e. The van der Waals surface area contributed by atoms with Gasteiger partial charge in [-0.05, 0) is 24.1 Å². The molecule has 0 aliphatic heterocycles. The van der Waals surface area contributed by atoms with E-state index in [1.165, 1.54) is 24.3 Å². The van der Waals surface area contributed by atoms with E-state index in [1.807, 2.05) is 0 Å². The van der Waals surface area contributed by atoms with Crippen LogP contribution in [0.15, 0.2) is 24.3 Å². The molecule has 1 rings (SSSR count). The first-order chi connectivity index (χ1) is 8.47. The van der Waals surface area contributed by atoms with Crippen LogP contribution in [0, 0.1) is 20.2 Å². The van der Waals surface area contributed by atoms with Crippen molar-refractivity contribution in [1.29, 1.82) is 0 Å². The Hall–Kier alpha value is -2.02. The summed E-state index contributed by atoms with van der Waals surface area (Å²) in [5.74, 6) is 0. The van der Waals surface area contributed by atoms with E-state index >= 15 is 0 Å². The van der Waals surface area contributed by atoms with Crippen LogP contribution in [0.3, 0.4) is 0 Å². The van der Waals surface area contributed by atoms with Gasteiger partial charge in [0.1, 0.15) is 6.10 Å². The van der Waals surface area contributed by atoms with Crippen LogP contribution < -0.4 is 0 Å². The molecule has 98 valence electrons. The van der Waals surface area contributed by atoms with Crippen molar-refractivity contribution in [2.24, 2.45) is 0 Å². The minimum atomic E-state index is -1.25. The summed E-state index contributed by atoms with van der Waals surface area (Å²) in [6.45, 7) is 1.79. The first-order valence-electron chi connectivity index (χ1n) is 5.53. The van der Waals surface area contributed by atoms with Crippen molar-refractivity contribution >= 4 is 5.69 Å². The third kappa shape index (κ3) is 3.24.